The van der Waals surface area contributed by atoms with Gasteiger partial charge in [0.25, 0.3) is 0 Å². The van der Waals surface area contributed by atoms with Crippen LogP contribution >= 0.6 is 0 Å². The quantitative estimate of drug-likeness (QED) is 0.642. The summed E-state index contributed by atoms with van der Waals surface area (Å²) in [4.78, 5) is 11.9. The average molecular weight is 232 g/mol. The number of ether oxygens (including phenoxy) is 2. The molecular weight excluding hydrogens is 208 g/mol. The summed E-state index contributed by atoms with van der Waals surface area (Å²) < 4.78 is 10.6. The van der Waals surface area contributed by atoms with Crippen molar-refractivity contribution in [2.75, 3.05) is 26.3 Å². The van der Waals surface area contributed by atoms with E-state index in [1.54, 1.807) is 6.92 Å². The highest BCUT2D eigenvalue weighted by molar-refractivity contribution is 5.80. The van der Waals surface area contributed by atoms with Crippen molar-refractivity contribution in [3.05, 3.63) is 0 Å². The average Bonchev–Trinajstić information content (AvgIpc) is 2.20. The number of carbonyl (C=O) groups excluding carboxylic acids is 1. The molecule has 0 aliphatic rings. The van der Waals surface area contributed by atoms with E-state index in [-0.39, 0.29) is 18.0 Å². The standard InChI is InChI=1S/C11H24N2O3/c1-10(2,3)11(4,16-8-6-13)9(14)15-7-5-12/h5-8,12-13H2,1-4H3. The molecule has 0 spiro atoms. The monoisotopic (exact) mass is 232 g/mol. The first-order chi connectivity index (χ1) is 7.29. The molecule has 0 saturated heterocycles. The minimum Gasteiger partial charge on any atom is -0.462 e. The fourth-order valence-electron chi connectivity index (χ4n) is 1.13. The maximum Gasteiger partial charge on any atom is 0.338 e. The zero-order chi connectivity index (χ0) is 12.8. The third-order valence-corrected chi connectivity index (χ3v) is 2.68. The van der Waals surface area contributed by atoms with Gasteiger partial charge >= 0.3 is 5.97 Å². The second-order valence-electron chi connectivity index (χ2n) is 4.84. The van der Waals surface area contributed by atoms with Crippen LogP contribution in [0.4, 0.5) is 0 Å². The molecule has 0 aromatic carbocycles. The van der Waals surface area contributed by atoms with Crippen molar-refractivity contribution < 1.29 is 14.3 Å². The van der Waals surface area contributed by atoms with Gasteiger partial charge in [0, 0.05) is 18.5 Å². The molecule has 1 unspecified atom stereocenters. The minimum atomic E-state index is -0.998. The van der Waals surface area contributed by atoms with Gasteiger partial charge in [0.05, 0.1) is 6.61 Å². The van der Waals surface area contributed by atoms with Gasteiger partial charge < -0.3 is 20.9 Å². The van der Waals surface area contributed by atoms with Crippen LogP contribution in [-0.4, -0.2) is 37.9 Å². The van der Waals surface area contributed by atoms with Crippen molar-refractivity contribution in [3.8, 4) is 0 Å². The normalized spacial score (nSPS) is 15.6. The highest BCUT2D eigenvalue weighted by Crippen LogP contribution is 2.34. The van der Waals surface area contributed by atoms with Gasteiger partial charge in [-0.2, -0.15) is 0 Å². The summed E-state index contributed by atoms with van der Waals surface area (Å²) in [5.74, 6) is -0.390. The van der Waals surface area contributed by atoms with E-state index >= 15 is 0 Å². The maximum absolute atomic E-state index is 11.9. The molecule has 0 radical (unpaired) electrons. The van der Waals surface area contributed by atoms with E-state index in [1.807, 2.05) is 20.8 Å². The number of nitrogens with two attached hydrogens (primary N) is 2. The van der Waals surface area contributed by atoms with Gasteiger partial charge in [-0.3, -0.25) is 0 Å². The number of rotatable bonds is 6. The highest BCUT2D eigenvalue weighted by Gasteiger charge is 2.46. The summed E-state index contributed by atoms with van der Waals surface area (Å²) in [6, 6.07) is 0. The van der Waals surface area contributed by atoms with Crippen molar-refractivity contribution >= 4 is 5.97 Å². The molecule has 4 N–H and O–H groups in total. The Morgan fingerprint density at radius 1 is 1.06 bits per heavy atom. The van der Waals surface area contributed by atoms with E-state index < -0.39 is 5.60 Å². The SMILES string of the molecule is CC(C)(C)C(C)(OCCN)C(=O)OCCN. The smallest absolute Gasteiger partial charge is 0.338 e. The summed E-state index contributed by atoms with van der Waals surface area (Å²) in [6.07, 6.45) is 0. The lowest BCUT2D eigenvalue weighted by Gasteiger charge is -2.39. The molecule has 0 aromatic rings. The molecule has 0 heterocycles. The van der Waals surface area contributed by atoms with Crippen LogP contribution in [-0.2, 0) is 14.3 Å². The zero-order valence-electron chi connectivity index (χ0n) is 10.7. The Morgan fingerprint density at radius 3 is 1.94 bits per heavy atom. The number of carbonyl (C=O) groups is 1. The van der Waals surface area contributed by atoms with E-state index in [9.17, 15) is 4.79 Å². The van der Waals surface area contributed by atoms with Crippen LogP contribution in [0.15, 0.2) is 0 Å². The van der Waals surface area contributed by atoms with E-state index in [1.165, 1.54) is 0 Å². The molecule has 0 bridgehead atoms. The van der Waals surface area contributed by atoms with Gasteiger partial charge in [0.15, 0.2) is 5.60 Å². The first-order valence-corrected chi connectivity index (χ1v) is 5.51. The maximum atomic E-state index is 11.9. The van der Waals surface area contributed by atoms with E-state index in [4.69, 9.17) is 20.9 Å². The van der Waals surface area contributed by atoms with Crippen molar-refractivity contribution in [2.45, 2.75) is 33.3 Å². The number of hydrogen-bond donors (Lipinski definition) is 2. The van der Waals surface area contributed by atoms with Gasteiger partial charge in [0.2, 0.25) is 0 Å². The molecule has 96 valence electrons. The summed E-state index contributed by atoms with van der Waals surface area (Å²) >= 11 is 0. The van der Waals surface area contributed by atoms with Crippen LogP contribution in [0, 0.1) is 5.41 Å². The van der Waals surface area contributed by atoms with Crippen LogP contribution in [0.3, 0.4) is 0 Å². The second kappa shape index (κ2) is 6.18. The Bertz CT molecular complexity index is 226. The van der Waals surface area contributed by atoms with Crippen LogP contribution in [0.25, 0.3) is 0 Å². The third-order valence-electron chi connectivity index (χ3n) is 2.68. The van der Waals surface area contributed by atoms with Crippen LogP contribution in [0.5, 0.6) is 0 Å². The molecule has 0 rings (SSSR count). The van der Waals surface area contributed by atoms with Gasteiger partial charge in [0.1, 0.15) is 6.61 Å². The number of hydrogen-bond acceptors (Lipinski definition) is 5. The van der Waals surface area contributed by atoms with Crippen molar-refractivity contribution in [1.29, 1.82) is 0 Å². The summed E-state index contributed by atoms with van der Waals surface area (Å²) in [5.41, 5.74) is 9.31. The minimum absolute atomic E-state index is 0.205. The van der Waals surface area contributed by atoms with Gasteiger partial charge in [-0.25, -0.2) is 4.79 Å². The van der Waals surface area contributed by atoms with Crippen LogP contribution in [0.1, 0.15) is 27.7 Å². The summed E-state index contributed by atoms with van der Waals surface area (Å²) in [6.45, 7) is 8.70. The Labute approximate surface area is 97.5 Å². The van der Waals surface area contributed by atoms with E-state index in [2.05, 4.69) is 0 Å². The lowest BCUT2D eigenvalue weighted by molar-refractivity contribution is -0.185. The van der Waals surface area contributed by atoms with Gasteiger partial charge in [-0.1, -0.05) is 20.8 Å². The van der Waals surface area contributed by atoms with Crippen molar-refractivity contribution in [1.82, 2.24) is 0 Å². The predicted molar refractivity (Wildman–Crippen MR) is 62.9 cm³/mol. The van der Waals surface area contributed by atoms with Crippen LogP contribution in [0.2, 0.25) is 0 Å². The largest absolute Gasteiger partial charge is 0.462 e. The molecule has 1 atom stereocenters. The Morgan fingerprint density at radius 2 is 1.56 bits per heavy atom. The van der Waals surface area contributed by atoms with E-state index in [0.717, 1.165) is 0 Å². The Balaban J connectivity index is 4.71. The molecule has 5 nitrogen and oxygen atoms in total. The molecule has 0 amide bonds. The lowest BCUT2D eigenvalue weighted by atomic mass is 9.77. The molecule has 0 aliphatic carbocycles. The number of esters is 1. The topological polar surface area (TPSA) is 87.6 Å². The highest BCUT2D eigenvalue weighted by atomic mass is 16.6. The summed E-state index contributed by atoms with van der Waals surface area (Å²) in [5, 5.41) is 0. The molecular formula is C11H24N2O3. The second-order valence-corrected chi connectivity index (χ2v) is 4.84. The lowest BCUT2D eigenvalue weighted by Crippen LogP contribution is -2.51. The fourth-order valence-corrected chi connectivity index (χ4v) is 1.13. The molecule has 0 aliphatic heterocycles. The first-order valence-electron chi connectivity index (χ1n) is 5.51. The first kappa shape index (κ1) is 15.3. The molecule has 16 heavy (non-hydrogen) atoms. The molecule has 0 aromatic heterocycles. The summed E-state index contributed by atoms with van der Waals surface area (Å²) in [7, 11) is 0. The Hall–Kier alpha value is -0.650. The predicted octanol–water partition coefficient (Wildman–Crippen LogP) is 0.268. The zero-order valence-corrected chi connectivity index (χ0v) is 10.7. The molecule has 0 fully saturated rings. The van der Waals surface area contributed by atoms with Crippen LogP contribution < -0.4 is 11.5 Å². The molecule has 5 heteroatoms. The fraction of sp³-hybridized carbons (Fsp3) is 0.909. The van der Waals surface area contributed by atoms with Crippen molar-refractivity contribution in [2.24, 2.45) is 16.9 Å². The van der Waals surface area contributed by atoms with Crippen molar-refractivity contribution in [3.63, 3.8) is 0 Å². The third kappa shape index (κ3) is 3.73. The molecule has 0 saturated carbocycles. The Kier molecular flexibility index (Phi) is 5.92. The van der Waals surface area contributed by atoms with Gasteiger partial charge in [-0.15, -0.1) is 0 Å². The van der Waals surface area contributed by atoms with Gasteiger partial charge in [-0.05, 0) is 6.92 Å². The van der Waals surface area contributed by atoms with E-state index in [0.29, 0.717) is 19.7 Å².